The van der Waals surface area contributed by atoms with Crippen LogP contribution in [0, 0.1) is 5.82 Å². The fourth-order valence-electron chi connectivity index (χ4n) is 2.22. The maximum Gasteiger partial charge on any atom is 0.146 e. The molecule has 2 N–H and O–H groups in total. The number of benzene rings is 1. The lowest BCUT2D eigenvalue weighted by Gasteiger charge is -2.06. The first-order valence-corrected chi connectivity index (χ1v) is 7.06. The van der Waals surface area contributed by atoms with Crippen LogP contribution in [0.2, 0.25) is 0 Å². The molecule has 0 aliphatic heterocycles. The summed E-state index contributed by atoms with van der Waals surface area (Å²) < 4.78 is 16.3. The quantitative estimate of drug-likeness (QED) is 0.770. The zero-order chi connectivity index (χ0) is 15.0. The molecule has 0 unspecified atom stereocenters. The van der Waals surface area contributed by atoms with Crippen molar-refractivity contribution in [1.82, 2.24) is 14.8 Å². The first-order chi connectivity index (χ1) is 10.1. The van der Waals surface area contributed by atoms with Crippen molar-refractivity contribution in [2.24, 2.45) is 7.05 Å². The van der Waals surface area contributed by atoms with Gasteiger partial charge in [-0.05, 0) is 45.8 Å². The van der Waals surface area contributed by atoms with Gasteiger partial charge in [-0.15, -0.1) is 0 Å². The summed E-state index contributed by atoms with van der Waals surface area (Å²) in [7, 11) is 1.74. The van der Waals surface area contributed by atoms with Crippen LogP contribution in [-0.4, -0.2) is 14.8 Å². The number of hydrogen-bond acceptors (Lipinski definition) is 3. The van der Waals surface area contributed by atoms with Gasteiger partial charge in [0.2, 0.25) is 0 Å². The Morgan fingerprint density at radius 2 is 1.90 bits per heavy atom. The van der Waals surface area contributed by atoms with Gasteiger partial charge in [0.15, 0.2) is 0 Å². The van der Waals surface area contributed by atoms with Crippen LogP contribution in [0.15, 0.2) is 47.2 Å². The third-order valence-electron chi connectivity index (χ3n) is 3.27. The zero-order valence-corrected chi connectivity index (χ0v) is 12.8. The van der Waals surface area contributed by atoms with Crippen molar-refractivity contribution in [1.29, 1.82) is 0 Å². The van der Waals surface area contributed by atoms with E-state index in [1.54, 1.807) is 42.3 Å². The molecule has 4 nitrogen and oxygen atoms in total. The van der Waals surface area contributed by atoms with E-state index in [1.165, 1.54) is 0 Å². The smallest absolute Gasteiger partial charge is 0.146 e. The van der Waals surface area contributed by atoms with E-state index in [9.17, 15) is 4.39 Å². The van der Waals surface area contributed by atoms with E-state index in [2.05, 4.69) is 26.0 Å². The SMILES string of the molecule is Cn1nc(-c2cccc(Br)c2F)c(-c2ccncc2)c1N. The fraction of sp³-hybridized carbons (Fsp3) is 0.0667. The molecule has 0 amide bonds. The standard InChI is InChI=1S/C15H12BrFN4/c1-21-15(18)12(9-5-7-19-8-6-9)14(20-21)10-3-2-4-11(16)13(10)17/h2-8H,18H2,1H3. The Kier molecular flexibility index (Phi) is 3.47. The molecule has 3 rings (SSSR count). The molecule has 0 aliphatic carbocycles. The van der Waals surface area contributed by atoms with E-state index in [-0.39, 0.29) is 5.82 Å². The molecular weight excluding hydrogens is 335 g/mol. The molecule has 1 aromatic carbocycles. The Morgan fingerprint density at radius 3 is 2.62 bits per heavy atom. The van der Waals surface area contributed by atoms with Gasteiger partial charge in [0.05, 0.1) is 10.0 Å². The van der Waals surface area contributed by atoms with Gasteiger partial charge in [0.25, 0.3) is 0 Å². The third kappa shape index (κ3) is 2.31. The summed E-state index contributed by atoms with van der Waals surface area (Å²) in [5.74, 6) is 0.126. The van der Waals surface area contributed by atoms with Crippen molar-refractivity contribution in [3.63, 3.8) is 0 Å². The number of nitrogen functional groups attached to an aromatic ring is 1. The summed E-state index contributed by atoms with van der Waals surface area (Å²) in [6.45, 7) is 0. The molecule has 2 heterocycles. The van der Waals surface area contributed by atoms with Crippen LogP contribution in [-0.2, 0) is 7.05 Å². The van der Waals surface area contributed by atoms with Crippen LogP contribution in [0.25, 0.3) is 22.4 Å². The van der Waals surface area contributed by atoms with Gasteiger partial charge < -0.3 is 5.73 Å². The number of pyridine rings is 1. The molecule has 0 atom stereocenters. The van der Waals surface area contributed by atoms with Crippen molar-refractivity contribution in [2.45, 2.75) is 0 Å². The predicted molar refractivity (Wildman–Crippen MR) is 83.9 cm³/mol. The summed E-state index contributed by atoms with van der Waals surface area (Å²) in [6.07, 6.45) is 3.34. The fourth-order valence-corrected chi connectivity index (χ4v) is 2.58. The molecule has 0 saturated carbocycles. The second kappa shape index (κ2) is 5.29. The predicted octanol–water partition coefficient (Wildman–Crippen LogP) is 3.63. The number of halogens is 2. The normalized spacial score (nSPS) is 10.8. The van der Waals surface area contributed by atoms with Crippen molar-refractivity contribution in [3.05, 3.63) is 53.0 Å². The van der Waals surface area contributed by atoms with Crippen molar-refractivity contribution in [3.8, 4) is 22.4 Å². The Bertz CT molecular complexity index is 799. The number of nitrogens with zero attached hydrogens (tertiary/aromatic N) is 3. The highest BCUT2D eigenvalue weighted by molar-refractivity contribution is 9.10. The molecule has 3 aromatic rings. The Morgan fingerprint density at radius 1 is 1.19 bits per heavy atom. The number of nitrogens with two attached hydrogens (primary N) is 1. The molecule has 106 valence electrons. The lowest BCUT2D eigenvalue weighted by atomic mass is 10.0. The van der Waals surface area contributed by atoms with Gasteiger partial charge in [-0.2, -0.15) is 5.10 Å². The number of anilines is 1. The highest BCUT2D eigenvalue weighted by atomic mass is 79.9. The minimum atomic E-state index is -0.356. The van der Waals surface area contributed by atoms with Crippen LogP contribution in [0.3, 0.4) is 0 Å². The maximum absolute atomic E-state index is 14.4. The van der Waals surface area contributed by atoms with Crippen molar-refractivity contribution < 1.29 is 4.39 Å². The number of rotatable bonds is 2. The first-order valence-electron chi connectivity index (χ1n) is 6.27. The van der Waals surface area contributed by atoms with Gasteiger partial charge in [-0.25, -0.2) is 4.39 Å². The van der Waals surface area contributed by atoms with E-state index in [0.29, 0.717) is 27.1 Å². The van der Waals surface area contributed by atoms with Gasteiger partial charge in [-0.1, -0.05) is 6.07 Å². The molecule has 21 heavy (non-hydrogen) atoms. The van der Waals surface area contributed by atoms with Gasteiger partial charge in [-0.3, -0.25) is 9.67 Å². The topological polar surface area (TPSA) is 56.7 Å². The third-order valence-corrected chi connectivity index (χ3v) is 3.88. The van der Waals surface area contributed by atoms with E-state index < -0.39 is 0 Å². The molecule has 0 spiro atoms. The summed E-state index contributed by atoms with van der Waals surface area (Å²) in [5.41, 5.74) is 8.58. The van der Waals surface area contributed by atoms with Crippen LogP contribution in [0.1, 0.15) is 0 Å². The molecule has 2 aromatic heterocycles. The molecule has 0 fully saturated rings. The first kappa shape index (κ1) is 13.8. The Labute approximate surface area is 129 Å². The summed E-state index contributed by atoms with van der Waals surface area (Å²) in [5, 5.41) is 4.37. The van der Waals surface area contributed by atoms with Crippen LogP contribution < -0.4 is 5.73 Å². The highest BCUT2D eigenvalue weighted by Crippen LogP contribution is 2.37. The van der Waals surface area contributed by atoms with E-state index >= 15 is 0 Å². The second-order valence-corrected chi connectivity index (χ2v) is 5.42. The van der Waals surface area contributed by atoms with Crippen LogP contribution >= 0.6 is 15.9 Å². The van der Waals surface area contributed by atoms with Gasteiger partial charge >= 0.3 is 0 Å². The maximum atomic E-state index is 14.4. The number of aryl methyl sites for hydroxylation is 1. The van der Waals surface area contributed by atoms with E-state index in [1.807, 2.05) is 12.1 Å². The summed E-state index contributed by atoms with van der Waals surface area (Å²) >= 11 is 3.20. The minimum absolute atomic E-state index is 0.356. The highest BCUT2D eigenvalue weighted by Gasteiger charge is 2.20. The molecule has 0 saturated heterocycles. The van der Waals surface area contributed by atoms with Crippen LogP contribution in [0.5, 0.6) is 0 Å². The molecule has 0 radical (unpaired) electrons. The zero-order valence-electron chi connectivity index (χ0n) is 11.2. The molecule has 0 bridgehead atoms. The van der Waals surface area contributed by atoms with E-state index in [0.717, 1.165) is 5.56 Å². The molecular formula is C15H12BrFN4. The lowest BCUT2D eigenvalue weighted by Crippen LogP contribution is -1.97. The van der Waals surface area contributed by atoms with Crippen molar-refractivity contribution in [2.75, 3.05) is 5.73 Å². The summed E-state index contributed by atoms with van der Waals surface area (Å²) in [6, 6.07) is 8.76. The van der Waals surface area contributed by atoms with Crippen LogP contribution in [0.4, 0.5) is 10.2 Å². The number of hydrogen-bond donors (Lipinski definition) is 1. The Balaban J connectivity index is 2.30. The van der Waals surface area contributed by atoms with Gasteiger partial charge in [0.1, 0.15) is 17.3 Å². The van der Waals surface area contributed by atoms with Crippen molar-refractivity contribution >= 4 is 21.7 Å². The second-order valence-electron chi connectivity index (χ2n) is 4.57. The van der Waals surface area contributed by atoms with Gasteiger partial charge in [0, 0.05) is 25.0 Å². The molecule has 0 aliphatic rings. The largest absolute Gasteiger partial charge is 0.383 e. The average molecular weight is 347 g/mol. The summed E-state index contributed by atoms with van der Waals surface area (Å²) in [4.78, 5) is 3.99. The molecule has 6 heteroatoms. The Hall–Kier alpha value is -2.21. The lowest BCUT2D eigenvalue weighted by molar-refractivity contribution is 0.623. The number of aromatic nitrogens is 3. The minimum Gasteiger partial charge on any atom is -0.383 e. The average Bonchev–Trinajstić information content (AvgIpc) is 2.78. The van der Waals surface area contributed by atoms with E-state index in [4.69, 9.17) is 5.73 Å². The monoisotopic (exact) mass is 346 g/mol.